The Morgan fingerprint density at radius 2 is 1.84 bits per heavy atom. The van der Waals surface area contributed by atoms with E-state index in [1.54, 1.807) is 12.1 Å². The van der Waals surface area contributed by atoms with Crippen LogP contribution in [0.25, 0.3) is 0 Å². The summed E-state index contributed by atoms with van der Waals surface area (Å²) in [7, 11) is 0. The van der Waals surface area contributed by atoms with Crippen LogP contribution in [0.1, 0.15) is 36.5 Å². The Hall–Kier alpha value is -3.06. The third kappa shape index (κ3) is 6.52. The molecule has 2 aromatic rings. The molecule has 4 nitrogen and oxygen atoms in total. The molecule has 2 rings (SSSR count). The number of nitrogens with two attached hydrogens (primary N) is 1. The third-order valence-corrected chi connectivity index (χ3v) is 3.70. The summed E-state index contributed by atoms with van der Waals surface area (Å²) in [5, 5.41) is 10.3. The summed E-state index contributed by atoms with van der Waals surface area (Å²) in [6.45, 7) is 2.01. The highest BCUT2D eigenvalue weighted by Gasteiger charge is 2.07. The Morgan fingerprint density at radius 3 is 2.48 bits per heavy atom. The van der Waals surface area contributed by atoms with Crippen LogP contribution >= 0.6 is 0 Å². The summed E-state index contributed by atoms with van der Waals surface area (Å²) < 4.78 is 0. The van der Waals surface area contributed by atoms with Crippen molar-refractivity contribution < 1.29 is 4.79 Å². The Bertz CT molecular complexity index is 770. The smallest absolute Gasteiger partial charge is 0.221 e. The molecule has 0 spiro atoms. The Morgan fingerprint density at radius 1 is 1.16 bits per heavy atom. The monoisotopic (exact) mass is 333 g/mol. The highest BCUT2D eigenvalue weighted by molar-refractivity contribution is 5.94. The number of rotatable bonds is 6. The van der Waals surface area contributed by atoms with E-state index in [-0.39, 0.29) is 17.8 Å². The van der Waals surface area contributed by atoms with Crippen LogP contribution in [0.5, 0.6) is 0 Å². The van der Waals surface area contributed by atoms with Crippen molar-refractivity contribution in [3.05, 3.63) is 71.3 Å². The summed E-state index contributed by atoms with van der Waals surface area (Å²) in [5.74, 6) is 6.09. The van der Waals surface area contributed by atoms with E-state index in [0.717, 1.165) is 12.0 Å². The summed E-state index contributed by atoms with van der Waals surface area (Å²) in [6, 6.07) is 17.4. The maximum absolute atomic E-state index is 12.0. The molecule has 0 aliphatic rings. The highest BCUT2D eigenvalue weighted by atomic mass is 16.1. The zero-order valence-electron chi connectivity index (χ0n) is 14.4. The number of hydrogen-bond donors (Lipinski definition) is 3. The summed E-state index contributed by atoms with van der Waals surface area (Å²) in [6.07, 6.45) is 1.72. The molecule has 0 aliphatic carbocycles. The SMILES string of the molecule is CC(Cc1ccccc1)NC(=O)CCC#Cc1ccc(C(=N)N)cc1. The fraction of sp³-hybridized carbons (Fsp3) is 0.238. The van der Waals surface area contributed by atoms with Gasteiger partial charge in [-0.25, -0.2) is 0 Å². The third-order valence-electron chi connectivity index (χ3n) is 3.70. The van der Waals surface area contributed by atoms with E-state index in [1.165, 1.54) is 5.56 Å². The molecule has 4 heteroatoms. The van der Waals surface area contributed by atoms with Crippen molar-refractivity contribution in [2.45, 2.75) is 32.2 Å². The molecule has 0 saturated heterocycles. The predicted molar refractivity (Wildman–Crippen MR) is 101 cm³/mol. The van der Waals surface area contributed by atoms with Gasteiger partial charge < -0.3 is 11.1 Å². The van der Waals surface area contributed by atoms with Gasteiger partial charge in [-0.2, -0.15) is 0 Å². The normalized spacial score (nSPS) is 11.1. The molecular formula is C21H23N3O. The number of amidine groups is 1. The van der Waals surface area contributed by atoms with Crippen LogP contribution in [0.4, 0.5) is 0 Å². The van der Waals surface area contributed by atoms with Crippen LogP contribution in [0, 0.1) is 17.3 Å². The number of nitrogens with one attached hydrogen (secondary N) is 2. The zero-order valence-corrected chi connectivity index (χ0v) is 14.4. The molecule has 0 radical (unpaired) electrons. The van der Waals surface area contributed by atoms with Crippen molar-refractivity contribution in [2.75, 3.05) is 0 Å². The minimum atomic E-state index is 0.0182. The van der Waals surface area contributed by atoms with Gasteiger partial charge in [0.25, 0.3) is 0 Å². The van der Waals surface area contributed by atoms with Gasteiger partial charge in [-0.1, -0.05) is 54.3 Å². The number of benzene rings is 2. The first-order valence-corrected chi connectivity index (χ1v) is 8.31. The van der Waals surface area contributed by atoms with Gasteiger partial charge in [0.05, 0.1) is 0 Å². The number of nitrogen functional groups attached to an aromatic ring is 1. The molecular weight excluding hydrogens is 310 g/mol. The van der Waals surface area contributed by atoms with Crippen molar-refractivity contribution >= 4 is 11.7 Å². The molecule has 1 amide bonds. The first-order chi connectivity index (χ1) is 12.0. The zero-order chi connectivity index (χ0) is 18.1. The van der Waals surface area contributed by atoms with E-state index in [0.29, 0.717) is 18.4 Å². The van der Waals surface area contributed by atoms with Gasteiger partial charge in [0, 0.05) is 30.0 Å². The minimum Gasteiger partial charge on any atom is -0.384 e. The van der Waals surface area contributed by atoms with Crippen molar-refractivity contribution in [1.29, 1.82) is 5.41 Å². The van der Waals surface area contributed by atoms with Crippen molar-refractivity contribution in [3.8, 4) is 11.8 Å². The lowest BCUT2D eigenvalue weighted by Gasteiger charge is -2.13. The van der Waals surface area contributed by atoms with E-state index in [4.69, 9.17) is 11.1 Å². The van der Waals surface area contributed by atoms with E-state index >= 15 is 0 Å². The number of carbonyl (C=O) groups is 1. The Kier molecular flexibility index (Phi) is 6.79. The standard InChI is InChI=1S/C21H23N3O/c1-16(15-18-8-3-2-4-9-18)24-20(25)10-6-5-7-17-11-13-19(14-12-17)21(22)23/h2-4,8-9,11-14,16H,6,10,15H2,1H3,(H3,22,23)(H,24,25). The van der Waals surface area contributed by atoms with Gasteiger partial charge in [0.15, 0.2) is 0 Å². The molecule has 0 fully saturated rings. The van der Waals surface area contributed by atoms with E-state index in [2.05, 4.69) is 29.3 Å². The average molecular weight is 333 g/mol. The maximum atomic E-state index is 12.0. The second-order valence-corrected chi connectivity index (χ2v) is 5.95. The lowest BCUT2D eigenvalue weighted by atomic mass is 10.1. The maximum Gasteiger partial charge on any atom is 0.221 e. The van der Waals surface area contributed by atoms with Crippen molar-refractivity contribution in [1.82, 2.24) is 5.32 Å². The average Bonchev–Trinajstić information content (AvgIpc) is 2.60. The summed E-state index contributed by atoms with van der Waals surface area (Å²) >= 11 is 0. The molecule has 2 aromatic carbocycles. The summed E-state index contributed by atoms with van der Waals surface area (Å²) in [5.41, 5.74) is 8.15. The first kappa shape index (κ1) is 18.3. The largest absolute Gasteiger partial charge is 0.384 e. The lowest BCUT2D eigenvalue weighted by Crippen LogP contribution is -2.33. The quantitative estimate of drug-likeness (QED) is 0.432. The molecule has 25 heavy (non-hydrogen) atoms. The van der Waals surface area contributed by atoms with Crippen LogP contribution in [-0.4, -0.2) is 17.8 Å². The van der Waals surface area contributed by atoms with Crippen LogP contribution < -0.4 is 11.1 Å². The van der Waals surface area contributed by atoms with Crippen molar-refractivity contribution in [2.24, 2.45) is 5.73 Å². The second-order valence-electron chi connectivity index (χ2n) is 5.95. The molecule has 1 atom stereocenters. The molecule has 128 valence electrons. The lowest BCUT2D eigenvalue weighted by molar-refractivity contribution is -0.121. The van der Waals surface area contributed by atoms with Gasteiger partial charge in [-0.05, 0) is 31.0 Å². The molecule has 1 unspecified atom stereocenters. The molecule has 0 saturated carbocycles. The van der Waals surface area contributed by atoms with Gasteiger partial charge in [0.2, 0.25) is 5.91 Å². The topological polar surface area (TPSA) is 79.0 Å². The fourth-order valence-electron chi connectivity index (χ4n) is 2.44. The van der Waals surface area contributed by atoms with Gasteiger partial charge in [0.1, 0.15) is 5.84 Å². The van der Waals surface area contributed by atoms with Gasteiger partial charge in [-0.15, -0.1) is 0 Å². The molecule has 0 bridgehead atoms. The molecule has 0 heterocycles. The molecule has 0 aromatic heterocycles. The minimum absolute atomic E-state index is 0.0182. The van der Waals surface area contributed by atoms with E-state index in [1.807, 2.05) is 37.3 Å². The first-order valence-electron chi connectivity index (χ1n) is 8.31. The van der Waals surface area contributed by atoms with Crippen LogP contribution in [-0.2, 0) is 11.2 Å². The van der Waals surface area contributed by atoms with Crippen LogP contribution in [0.3, 0.4) is 0 Å². The number of amides is 1. The fourth-order valence-corrected chi connectivity index (χ4v) is 2.44. The van der Waals surface area contributed by atoms with Gasteiger partial charge in [-0.3, -0.25) is 10.2 Å². The van der Waals surface area contributed by atoms with E-state index in [9.17, 15) is 4.79 Å². The Balaban J connectivity index is 1.74. The molecule has 4 N–H and O–H groups in total. The Labute approximate surface area is 149 Å². The second kappa shape index (κ2) is 9.29. The predicted octanol–water partition coefficient (Wildman–Crippen LogP) is 2.85. The van der Waals surface area contributed by atoms with Crippen molar-refractivity contribution in [3.63, 3.8) is 0 Å². The molecule has 0 aliphatic heterocycles. The van der Waals surface area contributed by atoms with E-state index < -0.39 is 0 Å². The summed E-state index contributed by atoms with van der Waals surface area (Å²) in [4.78, 5) is 12.0. The van der Waals surface area contributed by atoms with Gasteiger partial charge >= 0.3 is 0 Å². The number of hydrogen-bond acceptors (Lipinski definition) is 2. The van der Waals surface area contributed by atoms with Crippen LogP contribution in [0.2, 0.25) is 0 Å². The highest BCUT2D eigenvalue weighted by Crippen LogP contribution is 2.04. The van der Waals surface area contributed by atoms with Crippen LogP contribution in [0.15, 0.2) is 54.6 Å². The number of carbonyl (C=O) groups excluding carboxylic acids is 1.